The lowest BCUT2D eigenvalue weighted by atomic mass is 9.90. The molecule has 0 radical (unpaired) electrons. The van der Waals surface area contributed by atoms with Crippen molar-refractivity contribution in [3.8, 4) is 0 Å². The molecule has 0 unspecified atom stereocenters. The van der Waals surface area contributed by atoms with Gasteiger partial charge in [0.05, 0.1) is 6.42 Å². The Morgan fingerprint density at radius 3 is 2.40 bits per heavy atom. The lowest BCUT2D eigenvalue weighted by molar-refractivity contribution is -0.136. The highest BCUT2D eigenvalue weighted by molar-refractivity contribution is 5.70. The fourth-order valence-electron chi connectivity index (χ4n) is 2.32. The van der Waals surface area contributed by atoms with Crippen LogP contribution in [0, 0.1) is 0 Å². The summed E-state index contributed by atoms with van der Waals surface area (Å²) in [5.41, 5.74) is 1.04. The van der Waals surface area contributed by atoms with Gasteiger partial charge < -0.3 is 9.67 Å². The fourth-order valence-corrected chi connectivity index (χ4v) is 2.32. The highest BCUT2D eigenvalue weighted by atomic mass is 16.4. The van der Waals surface area contributed by atoms with Gasteiger partial charge in [-0.15, -0.1) is 0 Å². The molecule has 1 aromatic rings. The number of unbranched alkanes of at least 4 members (excludes halogenated alkanes) is 2. The van der Waals surface area contributed by atoms with Gasteiger partial charge in [-0.3, -0.25) is 9.59 Å². The highest BCUT2D eigenvalue weighted by Crippen LogP contribution is 2.21. The average Bonchev–Trinajstić information content (AvgIpc) is 2.32. The molecule has 4 heteroatoms. The Kier molecular flexibility index (Phi) is 5.54. The summed E-state index contributed by atoms with van der Waals surface area (Å²) in [5.74, 6) is -0.967. The predicted octanol–water partition coefficient (Wildman–Crippen LogP) is 2.96. The Bertz CT molecular complexity index is 524. The zero-order valence-corrected chi connectivity index (χ0v) is 12.9. The van der Waals surface area contributed by atoms with E-state index in [-0.39, 0.29) is 17.4 Å². The number of pyridine rings is 1. The number of hydrogen-bond donors (Lipinski definition) is 1. The van der Waals surface area contributed by atoms with Gasteiger partial charge in [0.25, 0.3) is 5.56 Å². The van der Waals surface area contributed by atoms with Crippen molar-refractivity contribution in [2.75, 3.05) is 0 Å². The maximum atomic E-state index is 12.5. The summed E-state index contributed by atoms with van der Waals surface area (Å²) in [6.07, 6.45) is 2.89. The van der Waals surface area contributed by atoms with Crippen LogP contribution in [0.15, 0.2) is 16.9 Å². The van der Waals surface area contributed by atoms with Gasteiger partial charge in [0.1, 0.15) is 0 Å². The van der Waals surface area contributed by atoms with Crippen LogP contribution in [0.2, 0.25) is 0 Å². The van der Waals surface area contributed by atoms with Gasteiger partial charge in [-0.05, 0) is 12.5 Å². The van der Waals surface area contributed by atoms with Gasteiger partial charge in [0, 0.05) is 23.2 Å². The second kappa shape index (κ2) is 6.73. The molecule has 0 aliphatic rings. The molecule has 0 bridgehead atoms. The lowest BCUT2D eigenvalue weighted by Gasteiger charge is -2.24. The van der Waals surface area contributed by atoms with Crippen LogP contribution in [0.3, 0.4) is 0 Å². The smallest absolute Gasteiger partial charge is 0.308 e. The summed E-state index contributed by atoms with van der Waals surface area (Å²) in [6, 6.07) is 3.55. The SMILES string of the molecule is CCCCCn1c(C(C)(C)C)ccc(CC(=O)O)c1=O. The minimum atomic E-state index is -0.967. The molecule has 0 amide bonds. The van der Waals surface area contributed by atoms with Crippen molar-refractivity contribution in [2.45, 2.75) is 65.3 Å². The third kappa shape index (κ3) is 4.22. The van der Waals surface area contributed by atoms with Crippen molar-refractivity contribution in [1.29, 1.82) is 0 Å². The van der Waals surface area contributed by atoms with Crippen LogP contribution in [0.4, 0.5) is 0 Å². The Labute approximate surface area is 120 Å². The average molecular weight is 279 g/mol. The van der Waals surface area contributed by atoms with Gasteiger partial charge >= 0.3 is 5.97 Å². The zero-order valence-electron chi connectivity index (χ0n) is 12.9. The number of carboxylic acid groups (broad SMARTS) is 1. The molecule has 0 fully saturated rings. The van der Waals surface area contributed by atoms with E-state index in [1.165, 1.54) is 0 Å². The molecule has 1 N–H and O–H groups in total. The van der Waals surface area contributed by atoms with E-state index in [0.717, 1.165) is 25.0 Å². The monoisotopic (exact) mass is 279 g/mol. The van der Waals surface area contributed by atoms with Crippen molar-refractivity contribution in [3.05, 3.63) is 33.7 Å². The number of aliphatic carboxylic acids is 1. The van der Waals surface area contributed by atoms with Crippen LogP contribution < -0.4 is 5.56 Å². The molecule has 1 aromatic heterocycles. The Balaban J connectivity index is 3.23. The van der Waals surface area contributed by atoms with Crippen LogP contribution in [-0.2, 0) is 23.2 Å². The first kappa shape index (κ1) is 16.5. The van der Waals surface area contributed by atoms with E-state index in [1.807, 2.05) is 6.07 Å². The maximum Gasteiger partial charge on any atom is 0.308 e. The van der Waals surface area contributed by atoms with E-state index in [1.54, 1.807) is 10.6 Å². The first-order valence-electron chi connectivity index (χ1n) is 7.22. The van der Waals surface area contributed by atoms with Crippen LogP contribution in [-0.4, -0.2) is 15.6 Å². The van der Waals surface area contributed by atoms with E-state index < -0.39 is 5.97 Å². The Hall–Kier alpha value is -1.58. The normalized spacial score (nSPS) is 11.6. The van der Waals surface area contributed by atoms with Crippen molar-refractivity contribution >= 4 is 5.97 Å². The maximum absolute atomic E-state index is 12.5. The molecule has 0 aromatic carbocycles. The largest absolute Gasteiger partial charge is 0.481 e. The number of hydrogen-bond acceptors (Lipinski definition) is 2. The lowest BCUT2D eigenvalue weighted by Crippen LogP contribution is -2.32. The standard InChI is InChI=1S/C16H25NO3/c1-5-6-7-10-17-13(16(2,3)4)9-8-12(15(17)20)11-14(18)19/h8-9H,5-7,10-11H2,1-4H3,(H,18,19). The van der Waals surface area contributed by atoms with E-state index >= 15 is 0 Å². The second-order valence-corrected chi connectivity index (χ2v) is 6.23. The summed E-state index contributed by atoms with van der Waals surface area (Å²) in [7, 11) is 0. The number of carboxylic acids is 1. The van der Waals surface area contributed by atoms with Crippen molar-refractivity contribution in [3.63, 3.8) is 0 Å². The first-order chi connectivity index (χ1) is 9.27. The molecule has 0 atom stereocenters. The van der Waals surface area contributed by atoms with Gasteiger partial charge in [-0.2, -0.15) is 0 Å². The quantitative estimate of drug-likeness (QED) is 0.814. The zero-order chi connectivity index (χ0) is 15.3. The fraction of sp³-hybridized carbons (Fsp3) is 0.625. The third-order valence-electron chi connectivity index (χ3n) is 3.35. The molecule has 112 valence electrons. The molecule has 0 saturated carbocycles. The van der Waals surface area contributed by atoms with E-state index in [4.69, 9.17) is 5.11 Å². The van der Waals surface area contributed by atoms with E-state index in [9.17, 15) is 9.59 Å². The molecular weight excluding hydrogens is 254 g/mol. The van der Waals surface area contributed by atoms with Gasteiger partial charge in [-0.25, -0.2) is 0 Å². The van der Waals surface area contributed by atoms with Gasteiger partial charge in [0.2, 0.25) is 0 Å². The van der Waals surface area contributed by atoms with E-state index in [2.05, 4.69) is 27.7 Å². The third-order valence-corrected chi connectivity index (χ3v) is 3.35. The minimum Gasteiger partial charge on any atom is -0.481 e. The van der Waals surface area contributed by atoms with Crippen LogP contribution in [0.5, 0.6) is 0 Å². The molecule has 20 heavy (non-hydrogen) atoms. The van der Waals surface area contributed by atoms with Gasteiger partial charge in [-0.1, -0.05) is 46.6 Å². The van der Waals surface area contributed by atoms with Crippen molar-refractivity contribution in [2.24, 2.45) is 0 Å². The number of carbonyl (C=O) groups is 1. The van der Waals surface area contributed by atoms with Crippen molar-refractivity contribution in [1.82, 2.24) is 4.57 Å². The molecular formula is C16H25NO3. The predicted molar refractivity (Wildman–Crippen MR) is 80.3 cm³/mol. The number of aromatic nitrogens is 1. The summed E-state index contributed by atoms with van der Waals surface area (Å²) in [5, 5.41) is 8.88. The molecule has 0 saturated heterocycles. The Morgan fingerprint density at radius 2 is 1.90 bits per heavy atom. The molecule has 4 nitrogen and oxygen atoms in total. The van der Waals surface area contributed by atoms with Crippen molar-refractivity contribution < 1.29 is 9.90 Å². The van der Waals surface area contributed by atoms with Crippen LogP contribution >= 0.6 is 0 Å². The molecule has 0 spiro atoms. The first-order valence-corrected chi connectivity index (χ1v) is 7.22. The summed E-state index contributed by atoms with van der Waals surface area (Å²) in [6.45, 7) is 8.97. The van der Waals surface area contributed by atoms with Gasteiger partial charge in [0.15, 0.2) is 0 Å². The summed E-state index contributed by atoms with van der Waals surface area (Å²) < 4.78 is 1.76. The topological polar surface area (TPSA) is 59.3 Å². The summed E-state index contributed by atoms with van der Waals surface area (Å²) >= 11 is 0. The number of rotatable bonds is 6. The highest BCUT2D eigenvalue weighted by Gasteiger charge is 2.20. The number of nitrogens with zero attached hydrogens (tertiary/aromatic N) is 1. The minimum absolute atomic E-state index is 0.132. The molecule has 0 aliphatic carbocycles. The van der Waals surface area contributed by atoms with E-state index in [0.29, 0.717) is 12.1 Å². The van der Waals surface area contributed by atoms with Crippen LogP contribution in [0.25, 0.3) is 0 Å². The molecule has 1 heterocycles. The Morgan fingerprint density at radius 1 is 1.25 bits per heavy atom. The summed E-state index contributed by atoms with van der Waals surface area (Å²) in [4.78, 5) is 23.3. The molecule has 0 aliphatic heterocycles. The molecule has 1 rings (SSSR count). The second-order valence-electron chi connectivity index (χ2n) is 6.23. The van der Waals surface area contributed by atoms with Crippen LogP contribution in [0.1, 0.15) is 58.2 Å².